The number of aryl methyl sites for hydroxylation is 1. The Morgan fingerprint density at radius 1 is 1.11 bits per heavy atom. The molecule has 35 heavy (non-hydrogen) atoms. The van der Waals surface area contributed by atoms with E-state index < -0.39 is 25.0 Å². The summed E-state index contributed by atoms with van der Waals surface area (Å²) < 4.78 is 5.15. The molecule has 1 fully saturated rings. The fraction of sp³-hybridized carbons (Fsp3) is 0.435. The molecule has 0 spiro atoms. The van der Waals surface area contributed by atoms with Crippen molar-refractivity contribution in [2.45, 2.75) is 45.1 Å². The second-order valence-corrected chi connectivity index (χ2v) is 8.47. The maximum Gasteiger partial charge on any atom is 0.488 e. The van der Waals surface area contributed by atoms with Crippen molar-refractivity contribution in [2.75, 3.05) is 19.5 Å². The largest absolute Gasteiger partial charge is 0.493 e. The van der Waals surface area contributed by atoms with E-state index in [4.69, 9.17) is 4.74 Å². The number of amides is 3. The first-order chi connectivity index (χ1) is 16.7. The molecule has 0 saturated heterocycles. The van der Waals surface area contributed by atoms with Gasteiger partial charge in [-0.05, 0) is 49.3 Å². The molecule has 0 aliphatic heterocycles. The molecule has 0 unspecified atom stereocenters. The van der Waals surface area contributed by atoms with Gasteiger partial charge in [0.1, 0.15) is 11.9 Å². The number of nitrogens with one attached hydrogen (secondary N) is 3. The molecule has 186 valence electrons. The summed E-state index contributed by atoms with van der Waals surface area (Å²) in [5.74, 6) is -0.967. The summed E-state index contributed by atoms with van der Waals surface area (Å²) >= 11 is 0. The number of rotatable bonds is 8. The number of benzene rings is 1. The topological polar surface area (TPSA) is 163 Å². The molecule has 1 aliphatic carbocycles. The van der Waals surface area contributed by atoms with E-state index in [9.17, 15) is 24.4 Å². The molecule has 11 nitrogen and oxygen atoms in total. The Labute approximate surface area is 203 Å². The number of carbonyl (C=O) groups excluding carboxylic acids is 3. The van der Waals surface area contributed by atoms with Gasteiger partial charge < -0.3 is 30.7 Å². The van der Waals surface area contributed by atoms with Gasteiger partial charge in [0, 0.05) is 18.3 Å². The predicted octanol–water partition coefficient (Wildman–Crippen LogP) is 0.150. The van der Waals surface area contributed by atoms with Crippen molar-refractivity contribution in [3.63, 3.8) is 0 Å². The smallest absolute Gasteiger partial charge is 0.488 e. The van der Waals surface area contributed by atoms with Gasteiger partial charge in [0.25, 0.3) is 11.8 Å². The molecule has 1 aromatic heterocycles. The van der Waals surface area contributed by atoms with E-state index >= 15 is 0 Å². The third-order valence-electron chi connectivity index (χ3n) is 6.02. The van der Waals surface area contributed by atoms with Crippen molar-refractivity contribution in [1.29, 1.82) is 0 Å². The zero-order valence-electron chi connectivity index (χ0n) is 20.0. The molecular formula is C23H30BN5O6. The molecule has 3 amide bonds. The lowest BCUT2D eigenvalue weighted by Crippen LogP contribution is -2.50. The van der Waals surface area contributed by atoms with Crippen LogP contribution in [-0.2, 0) is 4.79 Å². The van der Waals surface area contributed by atoms with Crippen LogP contribution >= 0.6 is 0 Å². The summed E-state index contributed by atoms with van der Waals surface area (Å²) in [6.07, 6.45) is 6.10. The van der Waals surface area contributed by atoms with Gasteiger partial charge in [-0.3, -0.25) is 14.4 Å². The zero-order valence-corrected chi connectivity index (χ0v) is 20.0. The average molecular weight is 483 g/mol. The maximum absolute atomic E-state index is 13.1. The minimum Gasteiger partial charge on any atom is -0.493 e. The first-order valence-electron chi connectivity index (χ1n) is 11.5. The first kappa shape index (κ1) is 26.1. The Morgan fingerprint density at radius 2 is 1.83 bits per heavy atom. The highest BCUT2D eigenvalue weighted by atomic mass is 16.5. The van der Waals surface area contributed by atoms with E-state index in [1.807, 2.05) is 0 Å². The van der Waals surface area contributed by atoms with Crippen molar-refractivity contribution in [3.8, 4) is 5.75 Å². The summed E-state index contributed by atoms with van der Waals surface area (Å²) in [6, 6.07) is 3.30. The minimum absolute atomic E-state index is 0.00640. The van der Waals surface area contributed by atoms with Gasteiger partial charge in [0.2, 0.25) is 5.91 Å². The average Bonchev–Trinajstić information content (AvgIpc) is 2.86. The molecule has 12 heteroatoms. The fourth-order valence-corrected chi connectivity index (χ4v) is 4.21. The van der Waals surface area contributed by atoms with Gasteiger partial charge >= 0.3 is 7.12 Å². The normalized spacial score (nSPS) is 14.5. The Bertz CT molecular complexity index is 1090. The SMILES string of the molecule is CNC(=O)[C@H](NC(=O)c1cc(NC(=O)c2nc(C)ncc2OC)cc(B(O)O)c1)C1CCCCC1. The molecule has 1 atom stereocenters. The van der Waals surface area contributed by atoms with Gasteiger partial charge in [-0.25, -0.2) is 9.97 Å². The van der Waals surface area contributed by atoms with Crippen LogP contribution in [-0.4, -0.2) is 65.1 Å². The van der Waals surface area contributed by atoms with Gasteiger partial charge in [-0.15, -0.1) is 0 Å². The quantitative estimate of drug-likeness (QED) is 0.332. The van der Waals surface area contributed by atoms with Crippen LogP contribution in [0.1, 0.15) is 58.8 Å². The Hall–Kier alpha value is -3.51. The van der Waals surface area contributed by atoms with E-state index in [2.05, 4.69) is 25.9 Å². The van der Waals surface area contributed by atoms with E-state index in [1.165, 1.54) is 38.6 Å². The highest BCUT2D eigenvalue weighted by Gasteiger charge is 2.31. The van der Waals surface area contributed by atoms with Crippen LogP contribution in [0.4, 0.5) is 5.69 Å². The van der Waals surface area contributed by atoms with Crippen molar-refractivity contribution in [1.82, 2.24) is 20.6 Å². The summed E-state index contributed by atoms with van der Waals surface area (Å²) in [4.78, 5) is 46.6. The second-order valence-electron chi connectivity index (χ2n) is 8.47. The van der Waals surface area contributed by atoms with Gasteiger partial charge in [0.15, 0.2) is 11.4 Å². The van der Waals surface area contributed by atoms with E-state index in [-0.39, 0.29) is 40.0 Å². The van der Waals surface area contributed by atoms with Gasteiger partial charge in [-0.1, -0.05) is 19.3 Å². The fourth-order valence-electron chi connectivity index (χ4n) is 4.21. The first-order valence-corrected chi connectivity index (χ1v) is 11.5. The van der Waals surface area contributed by atoms with Crippen molar-refractivity contribution in [3.05, 3.63) is 41.5 Å². The Morgan fingerprint density at radius 3 is 2.46 bits per heavy atom. The van der Waals surface area contributed by atoms with Crippen LogP contribution in [0.2, 0.25) is 0 Å². The summed E-state index contributed by atoms with van der Waals surface area (Å²) in [6.45, 7) is 1.62. The van der Waals surface area contributed by atoms with E-state index in [0.29, 0.717) is 5.82 Å². The Balaban J connectivity index is 1.88. The van der Waals surface area contributed by atoms with Crippen molar-refractivity contribution >= 4 is 36.0 Å². The van der Waals surface area contributed by atoms with Crippen LogP contribution in [0.15, 0.2) is 24.4 Å². The van der Waals surface area contributed by atoms with E-state index in [1.54, 1.807) is 6.92 Å². The molecule has 1 saturated carbocycles. The highest BCUT2D eigenvalue weighted by molar-refractivity contribution is 6.58. The van der Waals surface area contributed by atoms with E-state index in [0.717, 1.165) is 32.1 Å². The highest BCUT2D eigenvalue weighted by Crippen LogP contribution is 2.27. The lowest BCUT2D eigenvalue weighted by molar-refractivity contribution is -0.124. The van der Waals surface area contributed by atoms with Crippen LogP contribution in [0.25, 0.3) is 0 Å². The summed E-state index contributed by atoms with van der Waals surface area (Å²) in [5, 5.41) is 27.5. The monoisotopic (exact) mass is 483 g/mol. The molecule has 0 bridgehead atoms. The molecule has 1 heterocycles. The number of hydrogen-bond donors (Lipinski definition) is 5. The standard InChI is InChI=1S/C23H30BN5O6/c1-13-26-12-18(35-3)20(27-13)23(32)28-17-10-15(9-16(11-17)24(33)34)21(30)29-19(22(31)25-2)14-7-5-4-6-8-14/h9-12,14,19,33-34H,4-8H2,1-3H3,(H,25,31)(H,28,32)(H,29,30)/t19-/m1/s1. The third-order valence-corrected chi connectivity index (χ3v) is 6.02. The second kappa shape index (κ2) is 11.8. The minimum atomic E-state index is -1.89. The molecule has 1 aliphatic rings. The van der Waals surface area contributed by atoms with Crippen LogP contribution in [0, 0.1) is 12.8 Å². The van der Waals surface area contributed by atoms with Crippen LogP contribution in [0.5, 0.6) is 5.75 Å². The predicted molar refractivity (Wildman–Crippen MR) is 129 cm³/mol. The molecule has 3 rings (SSSR count). The number of hydrogen-bond acceptors (Lipinski definition) is 8. The van der Waals surface area contributed by atoms with Gasteiger partial charge in [-0.2, -0.15) is 0 Å². The molecule has 2 aromatic rings. The number of likely N-dealkylation sites (N-methyl/N-ethyl adjacent to an activating group) is 1. The number of aromatic nitrogens is 2. The lowest BCUT2D eigenvalue weighted by Gasteiger charge is -2.29. The Kier molecular flexibility index (Phi) is 8.77. The number of ether oxygens (including phenoxy) is 1. The maximum atomic E-state index is 13.1. The number of carbonyl (C=O) groups is 3. The third kappa shape index (κ3) is 6.55. The number of anilines is 1. The molecule has 1 aromatic carbocycles. The number of methoxy groups -OCH3 is 1. The lowest BCUT2D eigenvalue weighted by atomic mass is 9.79. The summed E-state index contributed by atoms with van der Waals surface area (Å²) in [5.41, 5.74) is 0.172. The molecule has 5 N–H and O–H groups in total. The van der Waals surface area contributed by atoms with Crippen LogP contribution < -0.4 is 26.2 Å². The number of nitrogens with zero attached hydrogens (tertiary/aromatic N) is 2. The van der Waals surface area contributed by atoms with Crippen molar-refractivity contribution in [2.24, 2.45) is 5.92 Å². The molecular weight excluding hydrogens is 453 g/mol. The van der Waals surface area contributed by atoms with Gasteiger partial charge in [0.05, 0.1) is 13.3 Å². The molecule has 0 radical (unpaired) electrons. The van der Waals surface area contributed by atoms with Crippen LogP contribution in [0.3, 0.4) is 0 Å². The summed E-state index contributed by atoms with van der Waals surface area (Å²) in [7, 11) is 1.01. The zero-order chi connectivity index (χ0) is 25.5. The van der Waals surface area contributed by atoms with Crippen molar-refractivity contribution < 1.29 is 29.2 Å².